The number of nitriles is 1. The zero-order valence-electron chi connectivity index (χ0n) is 12.1. The fraction of sp³-hybridized carbons (Fsp3) is 0.467. The minimum atomic E-state index is -0.568. The maximum atomic E-state index is 11.9. The van der Waals surface area contributed by atoms with Gasteiger partial charge in [0.05, 0.1) is 24.3 Å². The van der Waals surface area contributed by atoms with Crippen molar-refractivity contribution in [1.29, 1.82) is 5.26 Å². The van der Waals surface area contributed by atoms with Gasteiger partial charge in [0.15, 0.2) is 0 Å². The molecule has 2 atom stereocenters. The molecule has 0 spiro atoms. The summed E-state index contributed by atoms with van der Waals surface area (Å²) in [6.07, 6.45) is -0.710. The minimum absolute atomic E-state index is 0.142. The number of rotatable bonds is 7. The summed E-state index contributed by atoms with van der Waals surface area (Å²) in [5.41, 5.74) is 1.19. The topological polar surface area (TPSA) is 71.3 Å². The molecule has 1 rings (SSSR count). The van der Waals surface area contributed by atoms with Gasteiger partial charge in [-0.3, -0.25) is 4.79 Å². The Balaban J connectivity index is 2.46. The molecule has 1 amide bonds. The molecule has 0 aliphatic rings. The summed E-state index contributed by atoms with van der Waals surface area (Å²) in [5.74, 6) is -0.224. The average Bonchev–Trinajstić information content (AvgIpc) is 2.45. The number of amides is 1. The quantitative estimate of drug-likeness (QED) is 0.829. The second-order valence-electron chi connectivity index (χ2n) is 4.43. The lowest BCUT2D eigenvalue weighted by molar-refractivity contribution is -0.131. The van der Waals surface area contributed by atoms with E-state index >= 15 is 0 Å². The van der Waals surface area contributed by atoms with E-state index in [0.29, 0.717) is 24.5 Å². The van der Waals surface area contributed by atoms with Crippen LogP contribution >= 0.6 is 0 Å². The molecule has 20 heavy (non-hydrogen) atoms. The summed E-state index contributed by atoms with van der Waals surface area (Å²) in [6.45, 7) is 6.56. The van der Waals surface area contributed by atoms with Gasteiger partial charge in [-0.15, -0.1) is 0 Å². The fourth-order valence-corrected chi connectivity index (χ4v) is 1.61. The van der Waals surface area contributed by atoms with Crippen molar-refractivity contribution >= 4 is 11.6 Å². The smallest absolute Gasteiger partial charge is 0.253 e. The summed E-state index contributed by atoms with van der Waals surface area (Å²) in [7, 11) is 0. The van der Waals surface area contributed by atoms with Crippen LogP contribution < -0.4 is 5.32 Å². The number of hydrogen-bond acceptors (Lipinski definition) is 4. The highest BCUT2D eigenvalue weighted by atomic mass is 16.5. The third-order valence-corrected chi connectivity index (χ3v) is 2.64. The molecule has 0 bridgehead atoms. The molecule has 5 nitrogen and oxygen atoms in total. The molecule has 0 aliphatic heterocycles. The van der Waals surface area contributed by atoms with Crippen molar-refractivity contribution in [3.05, 3.63) is 29.8 Å². The molecule has 0 heterocycles. The molecule has 108 valence electrons. The van der Waals surface area contributed by atoms with Crippen molar-refractivity contribution in [2.24, 2.45) is 0 Å². The van der Waals surface area contributed by atoms with Gasteiger partial charge < -0.3 is 14.8 Å². The van der Waals surface area contributed by atoms with Crippen LogP contribution in [0.4, 0.5) is 5.69 Å². The van der Waals surface area contributed by atoms with Gasteiger partial charge in [-0.2, -0.15) is 5.26 Å². The lowest BCUT2D eigenvalue weighted by atomic mass is 10.2. The van der Waals surface area contributed by atoms with Crippen LogP contribution in [-0.4, -0.2) is 31.3 Å². The molecular formula is C15H20N2O3. The number of nitrogens with zero attached hydrogens (tertiary/aromatic N) is 1. The SMILES string of the molecule is CCOCC(C)OC(C)C(=O)Nc1ccc(C#N)cc1. The van der Waals surface area contributed by atoms with Crippen LogP contribution in [0.1, 0.15) is 26.3 Å². The highest BCUT2D eigenvalue weighted by molar-refractivity contribution is 5.93. The van der Waals surface area contributed by atoms with Gasteiger partial charge in [-0.25, -0.2) is 0 Å². The zero-order valence-corrected chi connectivity index (χ0v) is 12.1. The van der Waals surface area contributed by atoms with Gasteiger partial charge in [0.25, 0.3) is 5.91 Å². The van der Waals surface area contributed by atoms with Crippen LogP contribution in [0.2, 0.25) is 0 Å². The van der Waals surface area contributed by atoms with E-state index < -0.39 is 6.10 Å². The van der Waals surface area contributed by atoms with E-state index in [4.69, 9.17) is 14.7 Å². The van der Waals surface area contributed by atoms with Gasteiger partial charge in [0, 0.05) is 12.3 Å². The molecule has 0 aliphatic carbocycles. The normalized spacial score (nSPS) is 13.3. The minimum Gasteiger partial charge on any atom is -0.379 e. The van der Waals surface area contributed by atoms with Crippen molar-refractivity contribution < 1.29 is 14.3 Å². The molecule has 1 aromatic carbocycles. The standard InChI is InChI=1S/C15H20N2O3/c1-4-19-10-11(2)20-12(3)15(18)17-14-7-5-13(9-16)6-8-14/h5-8,11-12H,4,10H2,1-3H3,(H,17,18). The van der Waals surface area contributed by atoms with Crippen molar-refractivity contribution in [2.75, 3.05) is 18.5 Å². The maximum absolute atomic E-state index is 11.9. The molecule has 0 saturated carbocycles. The van der Waals surface area contributed by atoms with Gasteiger partial charge in [0.1, 0.15) is 6.10 Å². The number of ether oxygens (including phenoxy) is 2. The van der Waals surface area contributed by atoms with Gasteiger partial charge in [-0.1, -0.05) is 0 Å². The zero-order chi connectivity index (χ0) is 15.0. The maximum Gasteiger partial charge on any atom is 0.253 e. The Labute approximate surface area is 119 Å². The number of carbonyl (C=O) groups is 1. The molecule has 5 heteroatoms. The summed E-state index contributed by atoms with van der Waals surface area (Å²) < 4.78 is 10.8. The first-order chi connectivity index (χ1) is 9.56. The van der Waals surface area contributed by atoms with E-state index in [-0.39, 0.29) is 12.0 Å². The van der Waals surface area contributed by atoms with Crippen LogP contribution in [0.15, 0.2) is 24.3 Å². The molecule has 0 aromatic heterocycles. The Morgan fingerprint density at radius 3 is 2.55 bits per heavy atom. The molecule has 1 aromatic rings. The van der Waals surface area contributed by atoms with Crippen molar-refractivity contribution in [3.63, 3.8) is 0 Å². The first kappa shape index (κ1) is 16.2. The first-order valence-electron chi connectivity index (χ1n) is 6.61. The molecule has 0 saturated heterocycles. The van der Waals surface area contributed by atoms with Crippen LogP contribution in [0, 0.1) is 11.3 Å². The number of hydrogen-bond donors (Lipinski definition) is 1. The predicted octanol–water partition coefficient (Wildman–Crippen LogP) is 2.33. The Kier molecular flexibility index (Phi) is 6.71. The Morgan fingerprint density at radius 1 is 1.35 bits per heavy atom. The first-order valence-corrected chi connectivity index (χ1v) is 6.61. The Hall–Kier alpha value is -1.90. The number of nitrogens with one attached hydrogen (secondary N) is 1. The van der Waals surface area contributed by atoms with E-state index in [1.807, 2.05) is 19.9 Å². The highest BCUT2D eigenvalue weighted by Crippen LogP contribution is 2.10. The summed E-state index contributed by atoms with van der Waals surface area (Å²) in [5, 5.41) is 11.4. The van der Waals surface area contributed by atoms with Crippen LogP contribution in [0.5, 0.6) is 0 Å². The molecule has 2 unspecified atom stereocenters. The number of anilines is 1. The van der Waals surface area contributed by atoms with Crippen molar-refractivity contribution in [1.82, 2.24) is 0 Å². The van der Waals surface area contributed by atoms with Gasteiger partial charge in [-0.05, 0) is 45.0 Å². The van der Waals surface area contributed by atoms with E-state index in [2.05, 4.69) is 5.32 Å². The van der Waals surface area contributed by atoms with E-state index in [0.717, 1.165) is 0 Å². The fourth-order valence-electron chi connectivity index (χ4n) is 1.61. The largest absolute Gasteiger partial charge is 0.379 e. The molecule has 0 fully saturated rings. The summed E-state index contributed by atoms with van der Waals surface area (Å²) in [6, 6.07) is 8.70. The van der Waals surface area contributed by atoms with Crippen molar-refractivity contribution in [3.8, 4) is 6.07 Å². The summed E-state index contributed by atoms with van der Waals surface area (Å²) in [4.78, 5) is 11.9. The monoisotopic (exact) mass is 276 g/mol. The second-order valence-corrected chi connectivity index (χ2v) is 4.43. The molecule has 0 radical (unpaired) electrons. The van der Waals surface area contributed by atoms with E-state index in [1.54, 1.807) is 31.2 Å². The van der Waals surface area contributed by atoms with Crippen LogP contribution in [0.25, 0.3) is 0 Å². The van der Waals surface area contributed by atoms with E-state index in [1.165, 1.54) is 0 Å². The predicted molar refractivity (Wildman–Crippen MR) is 76.3 cm³/mol. The van der Waals surface area contributed by atoms with Crippen molar-refractivity contribution in [2.45, 2.75) is 33.0 Å². The van der Waals surface area contributed by atoms with Crippen LogP contribution in [0.3, 0.4) is 0 Å². The highest BCUT2D eigenvalue weighted by Gasteiger charge is 2.16. The molecular weight excluding hydrogens is 256 g/mol. The third-order valence-electron chi connectivity index (χ3n) is 2.64. The number of benzene rings is 1. The average molecular weight is 276 g/mol. The summed E-state index contributed by atoms with van der Waals surface area (Å²) >= 11 is 0. The van der Waals surface area contributed by atoms with Crippen LogP contribution in [-0.2, 0) is 14.3 Å². The van der Waals surface area contributed by atoms with E-state index in [9.17, 15) is 4.79 Å². The van der Waals surface area contributed by atoms with Gasteiger partial charge in [0.2, 0.25) is 0 Å². The Bertz CT molecular complexity index is 465. The second kappa shape index (κ2) is 8.31. The molecule has 1 N–H and O–H groups in total. The lowest BCUT2D eigenvalue weighted by Gasteiger charge is -2.18. The lowest BCUT2D eigenvalue weighted by Crippen LogP contribution is -2.32. The third kappa shape index (κ3) is 5.39. The Morgan fingerprint density at radius 2 is 2.00 bits per heavy atom. The number of carbonyl (C=O) groups excluding carboxylic acids is 1. The van der Waals surface area contributed by atoms with Gasteiger partial charge >= 0.3 is 0 Å².